The Bertz CT molecular complexity index is 712. The van der Waals surface area contributed by atoms with E-state index in [1.807, 2.05) is 18.2 Å². The molecule has 0 atom stereocenters. The molecule has 0 radical (unpaired) electrons. The van der Waals surface area contributed by atoms with Crippen LogP contribution in [0, 0.1) is 0 Å². The van der Waals surface area contributed by atoms with E-state index in [4.69, 9.17) is 17.3 Å². The van der Waals surface area contributed by atoms with E-state index in [1.54, 1.807) is 6.07 Å². The minimum Gasteiger partial charge on any atom is -0.382 e. The van der Waals surface area contributed by atoms with Gasteiger partial charge in [0.15, 0.2) is 5.82 Å². The van der Waals surface area contributed by atoms with Gasteiger partial charge in [0.25, 0.3) is 0 Å². The standard InChI is InChI=1S/C12H12ClN5/c1-2-18-10-4-3-7(13)5-8(10)15-12(18)9-6-11(14)17-16-9/h3-6H,2H2,1H3,(H3,14,16,17). The molecule has 1 aromatic carbocycles. The second-order valence-corrected chi connectivity index (χ2v) is 4.46. The third-order valence-electron chi connectivity index (χ3n) is 2.87. The molecule has 3 N–H and O–H groups in total. The Morgan fingerprint density at radius 2 is 2.22 bits per heavy atom. The van der Waals surface area contributed by atoms with Crippen LogP contribution in [0.3, 0.4) is 0 Å². The van der Waals surface area contributed by atoms with Crippen molar-refractivity contribution < 1.29 is 0 Å². The van der Waals surface area contributed by atoms with E-state index in [0.29, 0.717) is 10.8 Å². The van der Waals surface area contributed by atoms with Crippen molar-refractivity contribution in [2.24, 2.45) is 0 Å². The van der Waals surface area contributed by atoms with Gasteiger partial charge in [-0.25, -0.2) is 4.98 Å². The summed E-state index contributed by atoms with van der Waals surface area (Å²) in [5, 5.41) is 7.49. The van der Waals surface area contributed by atoms with Crippen molar-refractivity contribution in [1.29, 1.82) is 0 Å². The lowest BCUT2D eigenvalue weighted by molar-refractivity contribution is 0.792. The number of aryl methyl sites for hydroxylation is 1. The molecule has 2 heterocycles. The molecule has 92 valence electrons. The van der Waals surface area contributed by atoms with Gasteiger partial charge in [-0.15, -0.1) is 0 Å². The smallest absolute Gasteiger partial charge is 0.159 e. The first-order chi connectivity index (χ1) is 8.69. The number of nitrogens with one attached hydrogen (secondary N) is 1. The van der Waals surface area contributed by atoms with Gasteiger partial charge in [-0.1, -0.05) is 11.6 Å². The van der Waals surface area contributed by atoms with Crippen molar-refractivity contribution in [3.63, 3.8) is 0 Å². The van der Waals surface area contributed by atoms with Crippen molar-refractivity contribution in [3.8, 4) is 11.5 Å². The molecular weight excluding hydrogens is 250 g/mol. The van der Waals surface area contributed by atoms with E-state index in [9.17, 15) is 0 Å². The molecule has 18 heavy (non-hydrogen) atoms. The number of aromatic nitrogens is 4. The molecule has 0 spiro atoms. The molecule has 5 nitrogen and oxygen atoms in total. The summed E-state index contributed by atoms with van der Waals surface area (Å²) in [6.07, 6.45) is 0. The quantitative estimate of drug-likeness (QED) is 0.745. The number of benzene rings is 1. The fourth-order valence-corrected chi connectivity index (χ4v) is 2.25. The first-order valence-electron chi connectivity index (χ1n) is 5.66. The van der Waals surface area contributed by atoms with Gasteiger partial charge in [0, 0.05) is 17.6 Å². The highest BCUT2D eigenvalue weighted by molar-refractivity contribution is 6.31. The number of nitrogen functional groups attached to an aromatic ring is 1. The van der Waals surface area contributed by atoms with Crippen LogP contribution in [0.5, 0.6) is 0 Å². The number of nitrogens with zero attached hydrogens (tertiary/aromatic N) is 3. The normalized spacial score (nSPS) is 11.2. The first-order valence-corrected chi connectivity index (χ1v) is 6.04. The van der Waals surface area contributed by atoms with Gasteiger partial charge in [-0.2, -0.15) is 5.10 Å². The molecule has 0 aliphatic rings. The minimum atomic E-state index is 0.456. The van der Waals surface area contributed by atoms with Gasteiger partial charge in [-0.05, 0) is 25.1 Å². The van der Waals surface area contributed by atoms with Crippen LogP contribution in [-0.2, 0) is 6.54 Å². The largest absolute Gasteiger partial charge is 0.382 e. The number of imidazole rings is 1. The second-order valence-electron chi connectivity index (χ2n) is 4.02. The average Bonchev–Trinajstić information content (AvgIpc) is 2.91. The third-order valence-corrected chi connectivity index (χ3v) is 3.10. The molecule has 2 aromatic heterocycles. The molecule has 0 amide bonds. The van der Waals surface area contributed by atoms with E-state index in [1.165, 1.54) is 0 Å². The Morgan fingerprint density at radius 1 is 1.39 bits per heavy atom. The highest BCUT2D eigenvalue weighted by atomic mass is 35.5. The molecule has 3 aromatic rings. The van der Waals surface area contributed by atoms with Crippen LogP contribution in [0.4, 0.5) is 5.82 Å². The molecular formula is C12H12ClN5. The third kappa shape index (κ3) is 1.64. The Balaban J connectivity index is 2.28. The van der Waals surface area contributed by atoms with Crippen LogP contribution < -0.4 is 5.73 Å². The zero-order valence-electron chi connectivity index (χ0n) is 9.81. The van der Waals surface area contributed by atoms with Gasteiger partial charge in [0.2, 0.25) is 0 Å². The highest BCUT2D eigenvalue weighted by Gasteiger charge is 2.13. The van der Waals surface area contributed by atoms with Crippen LogP contribution >= 0.6 is 11.6 Å². The van der Waals surface area contributed by atoms with Crippen LogP contribution in [0.15, 0.2) is 24.3 Å². The van der Waals surface area contributed by atoms with Crippen LogP contribution in [0.1, 0.15) is 6.92 Å². The minimum absolute atomic E-state index is 0.456. The lowest BCUT2D eigenvalue weighted by Gasteiger charge is -2.03. The molecule has 3 rings (SSSR count). The van der Waals surface area contributed by atoms with E-state index < -0.39 is 0 Å². The van der Waals surface area contributed by atoms with Crippen molar-refractivity contribution in [1.82, 2.24) is 19.7 Å². The number of H-pyrrole nitrogens is 1. The summed E-state index contributed by atoms with van der Waals surface area (Å²) in [5.74, 6) is 1.27. The SMILES string of the molecule is CCn1c(-c2cc(N)n[nH]2)nc2cc(Cl)ccc21. The molecule has 0 unspecified atom stereocenters. The maximum absolute atomic E-state index is 5.98. The van der Waals surface area contributed by atoms with Crippen molar-refractivity contribution in [3.05, 3.63) is 29.3 Å². The van der Waals surface area contributed by atoms with E-state index in [0.717, 1.165) is 29.1 Å². The predicted molar refractivity (Wildman–Crippen MR) is 72.4 cm³/mol. The number of rotatable bonds is 2. The molecule has 0 fully saturated rings. The summed E-state index contributed by atoms with van der Waals surface area (Å²) in [6.45, 7) is 2.88. The van der Waals surface area contributed by atoms with Crippen molar-refractivity contribution >= 4 is 28.5 Å². The van der Waals surface area contributed by atoms with Gasteiger partial charge in [-0.3, -0.25) is 5.10 Å². The predicted octanol–water partition coefficient (Wildman–Crippen LogP) is 2.68. The summed E-state index contributed by atoms with van der Waals surface area (Å²) in [5.41, 5.74) is 8.35. The fraction of sp³-hybridized carbons (Fsp3) is 0.167. The summed E-state index contributed by atoms with van der Waals surface area (Å²) < 4.78 is 2.10. The van der Waals surface area contributed by atoms with Crippen molar-refractivity contribution in [2.75, 3.05) is 5.73 Å². The van der Waals surface area contributed by atoms with E-state index in [2.05, 4.69) is 26.7 Å². The number of fused-ring (bicyclic) bond motifs is 1. The summed E-state index contributed by atoms with van der Waals surface area (Å²) in [6, 6.07) is 7.46. The number of nitrogens with two attached hydrogens (primary N) is 1. The molecule has 0 aliphatic carbocycles. The highest BCUT2D eigenvalue weighted by Crippen LogP contribution is 2.26. The summed E-state index contributed by atoms with van der Waals surface area (Å²) in [4.78, 5) is 4.58. The number of halogens is 1. The van der Waals surface area contributed by atoms with Crippen LogP contribution in [0.25, 0.3) is 22.6 Å². The van der Waals surface area contributed by atoms with Gasteiger partial charge < -0.3 is 10.3 Å². The monoisotopic (exact) mass is 261 g/mol. The van der Waals surface area contributed by atoms with Gasteiger partial charge in [0.05, 0.1) is 11.0 Å². The Hall–Kier alpha value is -2.01. The Kier molecular flexibility index (Phi) is 2.48. The number of hydrogen-bond acceptors (Lipinski definition) is 3. The molecule has 0 saturated heterocycles. The maximum atomic E-state index is 5.98. The van der Waals surface area contributed by atoms with Crippen LogP contribution in [-0.4, -0.2) is 19.7 Å². The molecule has 0 saturated carbocycles. The Morgan fingerprint density at radius 3 is 2.89 bits per heavy atom. The fourth-order valence-electron chi connectivity index (χ4n) is 2.08. The second kappa shape index (κ2) is 4.03. The first kappa shape index (κ1) is 11.1. The van der Waals surface area contributed by atoms with E-state index in [-0.39, 0.29) is 0 Å². The van der Waals surface area contributed by atoms with E-state index >= 15 is 0 Å². The number of hydrogen-bond donors (Lipinski definition) is 2. The zero-order chi connectivity index (χ0) is 12.7. The summed E-state index contributed by atoms with van der Waals surface area (Å²) in [7, 11) is 0. The maximum Gasteiger partial charge on any atom is 0.159 e. The zero-order valence-corrected chi connectivity index (χ0v) is 10.6. The van der Waals surface area contributed by atoms with Crippen molar-refractivity contribution in [2.45, 2.75) is 13.5 Å². The lowest BCUT2D eigenvalue weighted by Crippen LogP contribution is -1.97. The van der Waals surface area contributed by atoms with Crippen LogP contribution in [0.2, 0.25) is 5.02 Å². The number of anilines is 1. The average molecular weight is 262 g/mol. The van der Waals surface area contributed by atoms with Gasteiger partial charge >= 0.3 is 0 Å². The topological polar surface area (TPSA) is 72.5 Å². The lowest BCUT2D eigenvalue weighted by atomic mass is 10.3. The number of aromatic amines is 1. The Labute approximate surface area is 109 Å². The molecule has 6 heteroatoms. The molecule has 0 aliphatic heterocycles. The molecule has 0 bridgehead atoms. The van der Waals surface area contributed by atoms with Gasteiger partial charge in [0.1, 0.15) is 11.5 Å². The summed E-state index contributed by atoms with van der Waals surface area (Å²) >= 11 is 5.98.